The molecule has 0 spiro atoms. The van der Waals surface area contributed by atoms with E-state index < -0.39 is 7.12 Å². The molecule has 1 aromatic heterocycles. The fourth-order valence-electron chi connectivity index (χ4n) is 1.30. The highest BCUT2D eigenvalue weighted by atomic mass is 127. The van der Waals surface area contributed by atoms with Gasteiger partial charge in [0.25, 0.3) is 0 Å². The van der Waals surface area contributed by atoms with Crippen molar-refractivity contribution < 1.29 is 10.0 Å². The number of benzene rings is 1. The molecule has 0 aliphatic rings. The molecule has 0 bridgehead atoms. The highest BCUT2D eigenvalue weighted by Crippen LogP contribution is 2.30. The molecule has 0 aliphatic heterocycles. The van der Waals surface area contributed by atoms with E-state index in [4.69, 9.17) is 10.0 Å². The van der Waals surface area contributed by atoms with E-state index in [1.54, 1.807) is 6.07 Å². The van der Waals surface area contributed by atoms with E-state index >= 15 is 0 Å². The molecule has 0 amide bonds. The number of halogens is 1. The molecule has 2 N–H and O–H groups in total. The summed E-state index contributed by atoms with van der Waals surface area (Å²) < 4.78 is 2.88. The van der Waals surface area contributed by atoms with Crippen LogP contribution in [0, 0.1) is 3.57 Å². The smallest absolute Gasteiger partial charge is 0.423 e. The molecule has 1 aromatic carbocycles. The lowest BCUT2D eigenvalue weighted by Crippen LogP contribution is -2.29. The van der Waals surface area contributed by atoms with Crippen molar-refractivity contribution in [2.45, 2.75) is 4.21 Å². The zero-order valence-corrected chi connectivity index (χ0v) is 10.8. The molecule has 72 valence electrons. The van der Waals surface area contributed by atoms with Gasteiger partial charge < -0.3 is 10.0 Å². The minimum absolute atomic E-state index is 0.547. The molecule has 2 aromatic rings. The Labute approximate surface area is 105 Å². The summed E-state index contributed by atoms with van der Waals surface area (Å²) in [6, 6.07) is 5.55. The summed E-state index contributed by atoms with van der Waals surface area (Å²) in [7, 11) is -1.42. The van der Waals surface area contributed by atoms with Crippen LogP contribution in [-0.4, -0.2) is 17.2 Å². The number of hydrogen-bond donors (Lipinski definition) is 3. The molecule has 0 unspecified atom stereocenters. The first-order chi connectivity index (χ1) is 6.59. The van der Waals surface area contributed by atoms with Gasteiger partial charge in [0.2, 0.25) is 0 Å². The maximum atomic E-state index is 9.16. The van der Waals surface area contributed by atoms with Crippen molar-refractivity contribution in [3.8, 4) is 0 Å². The van der Waals surface area contributed by atoms with E-state index in [-0.39, 0.29) is 0 Å². The quantitative estimate of drug-likeness (QED) is 0.419. The number of thiophene rings is 1. The predicted octanol–water partition coefficient (Wildman–Crippen LogP) is 1.47. The Bertz CT molecular complexity index is 483. The summed E-state index contributed by atoms with van der Waals surface area (Å²) in [6.45, 7) is 0. The largest absolute Gasteiger partial charge is 0.489 e. The highest BCUT2D eigenvalue weighted by Gasteiger charge is 2.17. The number of thiol groups is 1. The van der Waals surface area contributed by atoms with Crippen LogP contribution in [0.4, 0.5) is 0 Å². The summed E-state index contributed by atoms with van der Waals surface area (Å²) >= 11 is 7.94. The second-order valence-electron chi connectivity index (χ2n) is 2.84. The topological polar surface area (TPSA) is 40.5 Å². The van der Waals surface area contributed by atoms with E-state index in [9.17, 15) is 0 Å². The molecule has 14 heavy (non-hydrogen) atoms. The van der Waals surface area contributed by atoms with Crippen LogP contribution in [-0.2, 0) is 0 Å². The van der Waals surface area contributed by atoms with E-state index in [1.807, 2.05) is 12.1 Å². The summed E-state index contributed by atoms with van der Waals surface area (Å²) in [5.41, 5.74) is 0.547. The first-order valence-electron chi connectivity index (χ1n) is 3.86. The van der Waals surface area contributed by atoms with E-state index in [1.165, 1.54) is 11.3 Å². The van der Waals surface area contributed by atoms with E-state index in [2.05, 4.69) is 35.2 Å². The molecule has 1 heterocycles. The lowest BCUT2D eigenvalue weighted by atomic mass is 9.80. The summed E-state index contributed by atoms with van der Waals surface area (Å²) in [5.74, 6) is 0. The fourth-order valence-corrected chi connectivity index (χ4v) is 3.45. The van der Waals surface area contributed by atoms with Crippen molar-refractivity contribution in [2.75, 3.05) is 0 Å². The van der Waals surface area contributed by atoms with Crippen molar-refractivity contribution in [2.24, 2.45) is 0 Å². The van der Waals surface area contributed by atoms with Gasteiger partial charge in [-0.05, 0) is 40.2 Å². The van der Waals surface area contributed by atoms with Crippen molar-refractivity contribution in [3.63, 3.8) is 0 Å². The number of fused-ring (bicyclic) bond motifs is 1. The molecule has 0 atom stereocenters. The van der Waals surface area contributed by atoms with Crippen LogP contribution in [0.2, 0.25) is 0 Å². The zero-order chi connectivity index (χ0) is 10.3. The van der Waals surface area contributed by atoms with E-state index in [0.717, 1.165) is 17.9 Å². The van der Waals surface area contributed by atoms with E-state index in [0.29, 0.717) is 5.46 Å². The minimum atomic E-state index is -1.42. The van der Waals surface area contributed by atoms with Crippen LogP contribution in [0.15, 0.2) is 22.4 Å². The SMILES string of the molecule is OB(O)c1ccc(I)c2cc(S)sc12. The summed E-state index contributed by atoms with van der Waals surface area (Å²) in [6.07, 6.45) is 0. The Morgan fingerprint density at radius 1 is 1.36 bits per heavy atom. The lowest BCUT2D eigenvalue weighted by Gasteiger charge is -2.01. The maximum absolute atomic E-state index is 9.16. The Morgan fingerprint density at radius 3 is 2.71 bits per heavy atom. The van der Waals surface area contributed by atoms with Gasteiger partial charge in [-0.2, -0.15) is 0 Å². The molecule has 0 saturated carbocycles. The number of rotatable bonds is 1. The minimum Gasteiger partial charge on any atom is -0.423 e. The third kappa shape index (κ3) is 1.81. The van der Waals surface area contributed by atoms with Gasteiger partial charge in [-0.25, -0.2) is 0 Å². The van der Waals surface area contributed by atoms with Crippen LogP contribution in [0.1, 0.15) is 0 Å². The summed E-state index contributed by atoms with van der Waals surface area (Å²) in [5, 5.41) is 19.3. The van der Waals surface area contributed by atoms with Gasteiger partial charge in [-0.3, -0.25) is 0 Å². The standard InChI is InChI=1S/C8H6BIO2S2/c10-6-2-1-5(9(11)12)8-4(6)3-7(13)14-8/h1-3,11-13H. The molecule has 2 rings (SSSR count). The van der Waals surface area contributed by atoms with Gasteiger partial charge in [0.1, 0.15) is 0 Å². The first-order valence-corrected chi connectivity index (χ1v) is 6.21. The molecular formula is C8H6BIO2S2. The second-order valence-corrected chi connectivity index (χ2v) is 5.84. The maximum Gasteiger partial charge on any atom is 0.489 e. The average molecular weight is 336 g/mol. The Hall–Kier alpha value is 0.245. The van der Waals surface area contributed by atoms with Gasteiger partial charge in [0.15, 0.2) is 0 Å². The van der Waals surface area contributed by atoms with Crippen LogP contribution in [0.5, 0.6) is 0 Å². The number of hydrogen-bond acceptors (Lipinski definition) is 4. The van der Waals surface area contributed by atoms with Crippen molar-refractivity contribution in [1.82, 2.24) is 0 Å². The van der Waals surface area contributed by atoms with Gasteiger partial charge in [0.05, 0.1) is 4.21 Å². The van der Waals surface area contributed by atoms with Crippen molar-refractivity contribution >= 4 is 69.2 Å². The fraction of sp³-hybridized carbons (Fsp3) is 0. The monoisotopic (exact) mass is 336 g/mol. The predicted molar refractivity (Wildman–Crippen MR) is 71.6 cm³/mol. The summed E-state index contributed by atoms with van der Waals surface area (Å²) in [4.78, 5) is 0. The van der Waals surface area contributed by atoms with Gasteiger partial charge in [0, 0.05) is 13.7 Å². The highest BCUT2D eigenvalue weighted by molar-refractivity contribution is 14.1. The Morgan fingerprint density at radius 2 is 2.07 bits per heavy atom. The molecule has 0 saturated heterocycles. The lowest BCUT2D eigenvalue weighted by molar-refractivity contribution is 0.426. The molecule has 2 nitrogen and oxygen atoms in total. The van der Waals surface area contributed by atoms with Gasteiger partial charge >= 0.3 is 7.12 Å². The van der Waals surface area contributed by atoms with Crippen LogP contribution in [0.25, 0.3) is 10.1 Å². The van der Waals surface area contributed by atoms with Crippen molar-refractivity contribution in [1.29, 1.82) is 0 Å². The zero-order valence-electron chi connectivity index (χ0n) is 6.94. The van der Waals surface area contributed by atoms with Crippen molar-refractivity contribution in [3.05, 3.63) is 21.8 Å². The average Bonchev–Trinajstić information content (AvgIpc) is 2.47. The first kappa shape index (κ1) is 10.8. The second kappa shape index (κ2) is 4.01. The molecule has 0 fully saturated rings. The van der Waals surface area contributed by atoms with Gasteiger partial charge in [-0.1, -0.05) is 6.07 Å². The third-order valence-electron chi connectivity index (χ3n) is 1.93. The van der Waals surface area contributed by atoms with Crippen LogP contribution in [0.3, 0.4) is 0 Å². The van der Waals surface area contributed by atoms with Gasteiger partial charge in [-0.15, -0.1) is 24.0 Å². The molecule has 0 radical (unpaired) electrons. The molecule has 0 aliphatic carbocycles. The third-order valence-corrected chi connectivity index (χ3v) is 4.26. The molecular weight excluding hydrogens is 330 g/mol. The Balaban J connectivity index is 2.81. The Kier molecular flexibility index (Phi) is 3.08. The molecule has 6 heteroatoms. The van der Waals surface area contributed by atoms with Crippen LogP contribution >= 0.6 is 46.6 Å². The van der Waals surface area contributed by atoms with Crippen LogP contribution < -0.4 is 5.46 Å². The normalized spacial score (nSPS) is 10.9.